The van der Waals surface area contributed by atoms with E-state index in [1.807, 2.05) is 13.8 Å². The van der Waals surface area contributed by atoms with Crippen LogP contribution in [0.25, 0.3) is 0 Å². The number of unbranched alkanes of at least 4 members (excludes halogenated alkanes) is 2. The average Bonchev–Trinajstić information content (AvgIpc) is 2.24. The number of carbonyl (C=O) groups is 1. The monoisotopic (exact) mass is 228 g/mol. The fraction of sp³-hybridized carbons (Fsp3) is 0.769. The molecule has 0 spiro atoms. The van der Waals surface area contributed by atoms with E-state index < -0.39 is 0 Å². The van der Waals surface area contributed by atoms with Crippen LogP contribution >= 0.6 is 0 Å². The lowest BCUT2D eigenvalue weighted by atomic mass is 10.1. The number of rotatable bonds is 9. The minimum Gasteiger partial charge on any atom is -0.460 e. The summed E-state index contributed by atoms with van der Waals surface area (Å²) in [6, 6.07) is 0. The Bertz CT molecular complexity index is 199. The van der Waals surface area contributed by atoms with Crippen LogP contribution in [0.1, 0.15) is 46.5 Å². The zero-order valence-corrected chi connectivity index (χ0v) is 10.7. The summed E-state index contributed by atoms with van der Waals surface area (Å²) >= 11 is 0. The Morgan fingerprint density at radius 2 is 2.06 bits per heavy atom. The van der Waals surface area contributed by atoms with Crippen LogP contribution in [0.15, 0.2) is 12.7 Å². The van der Waals surface area contributed by atoms with Gasteiger partial charge in [-0.3, -0.25) is 0 Å². The van der Waals surface area contributed by atoms with Crippen molar-refractivity contribution in [2.24, 2.45) is 0 Å². The highest BCUT2D eigenvalue weighted by Crippen LogP contribution is 2.09. The molecular weight excluding hydrogens is 204 g/mol. The quantitative estimate of drug-likeness (QED) is 0.345. The van der Waals surface area contributed by atoms with Crippen LogP contribution in [0.3, 0.4) is 0 Å². The van der Waals surface area contributed by atoms with E-state index in [2.05, 4.69) is 13.5 Å². The Hall–Kier alpha value is -0.830. The molecule has 3 heteroatoms. The van der Waals surface area contributed by atoms with Gasteiger partial charge in [0.1, 0.15) is 6.61 Å². The third-order valence-corrected chi connectivity index (χ3v) is 2.17. The molecule has 0 radical (unpaired) electrons. The van der Waals surface area contributed by atoms with Gasteiger partial charge in [-0.2, -0.15) is 0 Å². The topological polar surface area (TPSA) is 35.5 Å². The highest BCUT2D eigenvalue weighted by molar-refractivity contribution is 5.81. The summed E-state index contributed by atoms with van der Waals surface area (Å²) in [5.41, 5.74) is 0. The van der Waals surface area contributed by atoms with E-state index >= 15 is 0 Å². The molecule has 0 aliphatic carbocycles. The van der Waals surface area contributed by atoms with Gasteiger partial charge in [-0.15, -0.1) is 0 Å². The molecule has 0 heterocycles. The molecule has 0 aromatic carbocycles. The molecule has 0 rings (SSSR count). The summed E-state index contributed by atoms with van der Waals surface area (Å²) in [5, 5.41) is 0. The van der Waals surface area contributed by atoms with E-state index in [9.17, 15) is 4.79 Å². The zero-order valence-electron chi connectivity index (χ0n) is 10.7. The van der Waals surface area contributed by atoms with Gasteiger partial charge in [-0.05, 0) is 20.3 Å². The molecule has 0 N–H and O–H groups in total. The van der Waals surface area contributed by atoms with Gasteiger partial charge in [0, 0.05) is 6.08 Å². The maximum absolute atomic E-state index is 10.9. The molecule has 94 valence electrons. The van der Waals surface area contributed by atoms with Crippen molar-refractivity contribution >= 4 is 5.97 Å². The normalized spacial score (nSPS) is 12.5. The van der Waals surface area contributed by atoms with Crippen molar-refractivity contribution in [1.29, 1.82) is 0 Å². The van der Waals surface area contributed by atoms with E-state index in [1.54, 1.807) is 0 Å². The van der Waals surface area contributed by atoms with Crippen molar-refractivity contribution in [3.8, 4) is 0 Å². The maximum Gasteiger partial charge on any atom is 0.330 e. The molecule has 0 bridgehead atoms. The van der Waals surface area contributed by atoms with Crippen LogP contribution in [-0.2, 0) is 14.3 Å². The van der Waals surface area contributed by atoms with Gasteiger partial charge in [-0.25, -0.2) is 4.79 Å². The summed E-state index contributed by atoms with van der Waals surface area (Å²) in [5.74, 6) is -0.382. The molecule has 0 fully saturated rings. The Balaban J connectivity index is 3.89. The largest absolute Gasteiger partial charge is 0.460 e. The molecule has 0 aromatic rings. The van der Waals surface area contributed by atoms with E-state index in [4.69, 9.17) is 9.47 Å². The van der Waals surface area contributed by atoms with Crippen LogP contribution in [0.2, 0.25) is 0 Å². The second-order valence-electron chi connectivity index (χ2n) is 4.14. The highest BCUT2D eigenvalue weighted by atomic mass is 16.6. The first-order valence-electron chi connectivity index (χ1n) is 6.04. The summed E-state index contributed by atoms with van der Waals surface area (Å²) in [7, 11) is 0. The molecule has 1 atom stereocenters. The van der Waals surface area contributed by atoms with E-state index in [-0.39, 0.29) is 18.2 Å². The van der Waals surface area contributed by atoms with Gasteiger partial charge in [-0.1, -0.05) is 32.8 Å². The summed E-state index contributed by atoms with van der Waals surface area (Å²) < 4.78 is 10.7. The summed E-state index contributed by atoms with van der Waals surface area (Å²) in [4.78, 5) is 10.9. The fourth-order valence-electron chi connectivity index (χ4n) is 1.43. The van der Waals surface area contributed by atoms with Gasteiger partial charge in [0.2, 0.25) is 0 Å². The molecule has 0 aliphatic heterocycles. The first-order chi connectivity index (χ1) is 7.60. The van der Waals surface area contributed by atoms with E-state index in [1.165, 1.54) is 18.9 Å². The first-order valence-corrected chi connectivity index (χ1v) is 6.04. The van der Waals surface area contributed by atoms with Crippen molar-refractivity contribution in [2.45, 2.75) is 58.7 Å². The van der Waals surface area contributed by atoms with Crippen molar-refractivity contribution in [3.63, 3.8) is 0 Å². The van der Waals surface area contributed by atoms with E-state index in [0.717, 1.165) is 12.8 Å². The highest BCUT2D eigenvalue weighted by Gasteiger charge is 2.12. The van der Waals surface area contributed by atoms with Gasteiger partial charge < -0.3 is 9.47 Å². The Labute approximate surface area is 98.8 Å². The van der Waals surface area contributed by atoms with Crippen LogP contribution in [0.4, 0.5) is 0 Å². The summed E-state index contributed by atoms with van der Waals surface area (Å²) in [6.07, 6.45) is 5.77. The molecule has 0 aromatic heterocycles. The van der Waals surface area contributed by atoms with Gasteiger partial charge >= 0.3 is 5.97 Å². The number of carbonyl (C=O) groups excluding carboxylic acids is 1. The minimum absolute atomic E-state index is 0.00968. The summed E-state index contributed by atoms with van der Waals surface area (Å²) in [6.45, 7) is 9.82. The number of hydrogen-bond donors (Lipinski definition) is 0. The lowest BCUT2D eigenvalue weighted by Crippen LogP contribution is -2.24. The molecule has 3 nitrogen and oxygen atoms in total. The van der Waals surface area contributed by atoms with Crippen LogP contribution in [0, 0.1) is 0 Å². The minimum atomic E-state index is -0.382. The van der Waals surface area contributed by atoms with Gasteiger partial charge in [0.15, 0.2) is 0 Å². The Morgan fingerprint density at radius 3 is 2.56 bits per heavy atom. The Kier molecular flexibility index (Phi) is 8.91. The standard InChI is InChI=1S/C13H24O3/c1-5-7-8-9-12(16-11(3)4)10-15-13(14)6-2/h6,11-12H,2,5,7-10H2,1,3-4H3. The van der Waals surface area contributed by atoms with Gasteiger partial charge in [0.05, 0.1) is 12.2 Å². The fourth-order valence-corrected chi connectivity index (χ4v) is 1.43. The van der Waals surface area contributed by atoms with Crippen LogP contribution in [0.5, 0.6) is 0 Å². The second-order valence-corrected chi connectivity index (χ2v) is 4.14. The predicted molar refractivity (Wildman–Crippen MR) is 65.3 cm³/mol. The molecule has 0 aliphatic rings. The lowest BCUT2D eigenvalue weighted by molar-refractivity contribution is -0.143. The van der Waals surface area contributed by atoms with Crippen molar-refractivity contribution in [1.82, 2.24) is 0 Å². The molecular formula is C13H24O3. The van der Waals surface area contributed by atoms with E-state index in [0.29, 0.717) is 6.61 Å². The third-order valence-electron chi connectivity index (χ3n) is 2.17. The molecule has 1 unspecified atom stereocenters. The zero-order chi connectivity index (χ0) is 12.4. The first kappa shape index (κ1) is 15.2. The Morgan fingerprint density at radius 1 is 1.38 bits per heavy atom. The number of esters is 1. The lowest BCUT2D eigenvalue weighted by Gasteiger charge is -2.19. The molecule has 16 heavy (non-hydrogen) atoms. The number of hydrogen-bond acceptors (Lipinski definition) is 3. The van der Waals surface area contributed by atoms with Crippen molar-refractivity contribution in [2.75, 3.05) is 6.61 Å². The number of ether oxygens (including phenoxy) is 2. The van der Waals surface area contributed by atoms with Crippen LogP contribution < -0.4 is 0 Å². The third kappa shape index (κ3) is 8.48. The van der Waals surface area contributed by atoms with Crippen LogP contribution in [-0.4, -0.2) is 24.8 Å². The maximum atomic E-state index is 10.9. The van der Waals surface area contributed by atoms with Crippen molar-refractivity contribution < 1.29 is 14.3 Å². The van der Waals surface area contributed by atoms with Crippen molar-refractivity contribution in [3.05, 3.63) is 12.7 Å². The SMILES string of the molecule is C=CC(=O)OCC(CCCCC)OC(C)C. The molecule has 0 saturated carbocycles. The predicted octanol–water partition coefficient (Wildman–Crippen LogP) is 3.09. The average molecular weight is 228 g/mol. The van der Waals surface area contributed by atoms with Gasteiger partial charge in [0.25, 0.3) is 0 Å². The molecule has 0 saturated heterocycles. The molecule has 0 amide bonds. The smallest absolute Gasteiger partial charge is 0.330 e. The second kappa shape index (κ2) is 9.40.